The van der Waals surface area contributed by atoms with Gasteiger partial charge in [-0.2, -0.15) is 0 Å². The molecule has 3 N–H and O–H groups in total. The van der Waals surface area contributed by atoms with Gasteiger partial charge in [0.1, 0.15) is 5.75 Å². The van der Waals surface area contributed by atoms with Crippen molar-refractivity contribution in [2.75, 3.05) is 20.3 Å². The minimum Gasteiger partial charge on any atom is -0.496 e. The van der Waals surface area contributed by atoms with Gasteiger partial charge in [-0.25, -0.2) is 0 Å². The second-order valence-electron chi connectivity index (χ2n) is 4.55. The van der Waals surface area contributed by atoms with Crippen LogP contribution in [0.25, 0.3) is 0 Å². The number of hydrogen-bond acceptors (Lipinski definition) is 4. The molecule has 1 unspecified atom stereocenters. The second-order valence-corrected chi connectivity index (χ2v) is 4.55. The van der Waals surface area contributed by atoms with Crippen LogP contribution in [-0.2, 0) is 6.54 Å². The van der Waals surface area contributed by atoms with Gasteiger partial charge < -0.3 is 20.3 Å². The molecule has 18 heavy (non-hydrogen) atoms. The Hall–Kier alpha value is -1.10. The number of benzene rings is 1. The smallest absolute Gasteiger partial charge is 0.126 e. The quantitative estimate of drug-likeness (QED) is 0.682. The number of methoxy groups -OCH3 is 1. The molecular formula is C14H23NO3. The fourth-order valence-corrected chi connectivity index (χ4v) is 2.13. The number of aryl methyl sites for hydroxylation is 2. The zero-order valence-corrected chi connectivity index (χ0v) is 11.4. The largest absolute Gasteiger partial charge is 0.496 e. The molecule has 0 spiro atoms. The number of rotatable bonds is 7. The van der Waals surface area contributed by atoms with E-state index in [2.05, 4.69) is 17.4 Å². The fourth-order valence-electron chi connectivity index (χ4n) is 2.13. The number of hydrogen-bond donors (Lipinski definition) is 3. The maximum absolute atomic E-state index is 9.17. The SMILES string of the molecule is COc1c(C)cc(C)cc1CNC(CO)CCO. The standard InChI is InChI=1S/C14H23NO3/c1-10-6-11(2)14(18-3)12(7-10)8-15-13(9-17)4-5-16/h6-7,13,15-17H,4-5,8-9H2,1-3H3. The summed E-state index contributed by atoms with van der Waals surface area (Å²) in [5.41, 5.74) is 3.37. The van der Waals surface area contributed by atoms with E-state index < -0.39 is 0 Å². The lowest BCUT2D eigenvalue weighted by atomic mass is 10.0. The third kappa shape index (κ3) is 3.98. The molecule has 102 valence electrons. The summed E-state index contributed by atoms with van der Waals surface area (Å²) in [5.74, 6) is 0.883. The molecule has 0 saturated heterocycles. The van der Waals surface area contributed by atoms with Crippen LogP contribution in [0.5, 0.6) is 5.75 Å². The van der Waals surface area contributed by atoms with Crippen molar-refractivity contribution in [1.82, 2.24) is 5.32 Å². The zero-order chi connectivity index (χ0) is 13.5. The Morgan fingerprint density at radius 2 is 2.00 bits per heavy atom. The molecule has 0 bridgehead atoms. The summed E-state index contributed by atoms with van der Waals surface area (Å²) in [6.07, 6.45) is 0.545. The Labute approximate surface area is 109 Å². The van der Waals surface area contributed by atoms with Crippen molar-refractivity contribution >= 4 is 0 Å². The van der Waals surface area contributed by atoms with Gasteiger partial charge in [0.2, 0.25) is 0 Å². The molecule has 1 rings (SSSR count). The molecular weight excluding hydrogens is 230 g/mol. The summed E-state index contributed by atoms with van der Waals surface area (Å²) in [4.78, 5) is 0. The number of nitrogens with one attached hydrogen (secondary N) is 1. The number of aliphatic hydroxyl groups excluding tert-OH is 2. The minimum atomic E-state index is -0.0828. The Kier molecular flexibility index (Phi) is 6.12. The highest BCUT2D eigenvalue weighted by Gasteiger charge is 2.10. The second kappa shape index (κ2) is 7.36. The Bertz CT molecular complexity index is 380. The van der Waals surface area contributed by atoms with E-state index in [-0.39, 0.29) is 19.3 Å². The van der Waals surface area contributed by atoms with Crippen molar-refractivity contribution in [2.24, 2.45) is 0 Å². The lowest BCUT2D eigenvalue weighted by Gasteiger charge is -2.18. The molecule has 0 radical (unpaired) electrons. The zero-order valence-electron chi connectivity index (χ0n) is 11.4. The minimum absolute atomic E-state index is 0.0215. The highest BCUT2D eigenvalue weighted by atomic mass is 16.5. The van der Waals surface area contributed by atoms with E-state index in [1.54, 1.807) is 7.11 Å². The summed E-state index contributed by atoms with van der Waals surface area (Å²) in [5, 5.41) is 21.3. The van der Waals surface area contributed by atoms with Crippen molar-refractivity contribution < 1.29 is 14.9 Å². The number of aliphatic hydroxyl groups is 2. The molecule has 0 aliphatic carbocycles. The summed E-state index contributed by atoms with van der Waals surface area (Å²) in [6.45, 7) is 4.78. The van der Waals surface area contributed by atoms with Gasteiger partial charge in [-0.15, -0.1) is 0 Å². The van der Waals surface area contributed by atoms with Gasteiger partial charge in [0, 0.05) is 24.8 Å². The predicted octanol–water partition coefficient (Wildman–Crippen LogP) is 1.14. The molecule has 0 aliphatic rings. The van der Waals surface area contributed by atoms with Crippen molar-refractivity contribution in [1.29, 1.82) is 0 Å². The first kappa shape index (κ1) is 15.0. The molecule has 0 aliphatic heterocycles. The van der Waals surface area contributed by atoms with Crippen LogP contribution in [0.3, 0.4) is 0 Å². The van der Waals surface area contributed by atoms with E-state index in [1.165, 1.54) is 5.56 Å². The van der Waals surface area contributed by atoms with Crippen LogP contribution in [-0.4, -0.2) is 36.6 Å². The van der Waals surface area contributed by atoms with Crippen LogP contribution >= 0.6 is 0 Å². The van der Waals surface area contributed by atoms with Gasteiger partial charge in [0.05, 0.1) is 13.7 Å². The van der Waals surface area contributed by atoms with Gasteiger partial charge in [0.25, 0.3) is 0 Å². The normalized spacial score (nSPS) is 12.5. The maximum Gasteiger partial charge on any atom is 0.126 e. The molecule has 1 aromatic rings. The summed E-state index contributed by atoms with van der Waals surface area (Å²) in [7, 11) is 1.67. The van der Waals surface area contributed by atoms with E-state index in [9.17, 15) is 0 Å². The molecule has 1 atom stereocenters. The van der Waals surface area contributed by atoms with E-state index in [0.717, 1.165) is 16.9 Å². The van der Waals surface area contributed by atoms with Gasteiger partial charge in [-0.05, 0) is 25.8 Å². The molecule has 4 heteroatoms. The highest BCUT2D eigenvalue weighted by molar-refractivity contribution is 5.43. The molecule has 0 heterocycles. The molecule has 4 nitrogen and oxygen atoms in total. The monoisotopic (exact) mass is 253 g/mol. The topological polar surface area (TPSA) is 61.7 Å². The maximum atomic E-state index is 9.17. The Morgan fingerprint density at radius 1 is 1.28 bits per heavy atom. The van der Waals surface area contributed by atoms with Crippen molar-refractivity contribution in [3.8, 4) is 5.75 Å². The highest BCUT2D eigenvalue weighted by Crippen LogP contribution is 2.25. The lowest BCUT2D eigenvalue weighted by Crippen LogP contribution is -2.33. The van der Waals surface area contributed by atoms with Crippen LogP contribution in [0.4, 0.5) is 0 Å². The first-order chi connectivity index (χ1) is 8.62. The first-order valence-electron chi connectivity index (χ1n) is 6.21. The summed E-state index contributed by atoms with van der Waals surface area (Å²) < 4.78 is 5.41. The van der Waals surface area contributed by atoms with Crippen molar-refractivity contribution in [2.45, 2.75) is 32.9 Å². The van der Waals surface area contributed by atoms with Gasteiger partial charge in [0.15, 0.2) is 0 Å². The van der Waals surface area contributed by atoms with E-state index >= 15 is 0 Å². The van der Waals surface area contributed by atoms with E-state index in [0.29, 0.717) is 13.0 Å². The van der Waals surface area contributed by atoms with Gasteiger partial charge in [-0.3, -0.25) is 0 Å². The van der Waals surface area contributed by atoms with Crippen LogP contribution in [0.1, 0.15) is 23.1 Å². The van der Waals surface area contributed by atoms with Crippen LogP contribution in [0, 0.1) is 13.8 Å². The van der Waals surface area contributed by atoms with Crippen LogP contribution < -0.4 is 10.1 Å². The predicted molar refractivity (Wildman–Crippen MR) is 71.9 cm³/mol. The summed E-state index contributed by atoms with van der Waals surface area (Å²) in [6, 6.07) is 4.08. The Morgan fingerprint density at radius 3 is 2.56 bits per heavy atom. The lowest BCUT2D eigenvalue weighted by molar-refractivity contribution is 0.199. The average Bonchev–Trinajstić information content (AvgIpc) is 2.33. The average molecular weight is 253 g/mol. The molecule has 0 aromatic heterocycles. The van der Waals surface area contributed by atoms with Crippen molar-refractivity contribution in [3.63, 3.8) is 0 Å². The third-order valence-electron chi connectivity index (χ3n) is 2.98. The number of ether oxygens (including phenoxy) is 1. The molecule has 0 saturated carbocycles. The van der Waals surface area contributed by atoms with Crippen LogP contribution in [0.15, 0.2) is 12.1 Å². The first-order valence-corrected chi connectivity index (χ1v) is 6.21. The van der Waals surface area contributed by atoms with Gasteiger partial charge >= 0.3 is 0 Å². The van der Waals surface area contributed by atoms with E-state index in [4.69, 9.17) is 14.9 Å². The van der Waals surface area contributed by atoms with Crippen LogP contribution in [0.2, 0.25) is 0 Å². The Balaban J connectivity index is 2.77. The third-order valence-corrected chi connectivity index (χ3v) is 2.98. The fraction of sp³-hybridized carbons (Fsp3) is 0.571. The molecule has 0 fully saturated rings. The molecule has 0 amide bonds. The summed E-state index contributed by atoms with van der Waals surface area (Å²) >= 11 is 0. The van der Waals surface area contributed by atoms with E-state index in [1.807, 2.05) is 13.8 Å². The molecule has 1 aromatic carbocycles. The van der Waals surface area contributed by atoms with Crippen molar-refractivity contribution in [3.05, 3.63) is 28.8 Å². The van der Waals surface area contributed by atoms with Gasteiger partial charge in [-0.1, -0.05) is 17.7 Å².